The maximum Gasteiger partial charge on any atom is 0.321 e. The summed E-state index contributed by atoms with van der Waals surface area (Å²) in [7, 11) is 0. The Bertz CT molecular complexity index is 337. The summed E-state index contributed by atoms with van der Waals surface area (Å²) in [5.74, 6) is 0.324. The molecule has 0 bridgehead atoms. The Morgan fingerprint density at radius 3 is 2.65 bits per heavy atom. The number of hydrogen-bond donors (Lipinski definition) is 3. The Balaban J connectivity index is 2.33. The van der Waals surface area contributed by atoms with E-state index in [2.05, 4.69) is 15.5 Å². The first-order valence-electron chi connectivity index (χ1n) is 7.34. The number of carbonyl (C=O) groups is 2. The third-order valence-corrected chi connectivity index (χ3v) is 3.29. The van der Waals surface area contributed by atoms with Crippen molar-refractivity contribution in [2.45, 2.75) is 45.6 Å². The number of urea groups is 1. The summed E-state index contributed by atoms with van der Waals surface area (Å²) in [4.78, 5) is 25.5. The fourth-order valence-electron chi connectivity index (χ4n) is 2.51. The minimum Gasteiger partial charge on any atom is -0.333 e. The number of nitrogens with one attached hydrogen (secondary N) is 2. The van der Waals surface area contributed by atoms with Crippen molar-refractivity contribution in [3.05, 3.63) is 0 Å². The average molecular weight is 284 g/mol. The van der Waals surface area contributed by atoms with E-state index in [0.29, 0.717) is 12.5 Å². The smallest absolute Gasteiger partial charge is 0.321 e. The molecule has 0 radical (unpaired) electrons. The number of rotatable bonds is 4. The lowest BCUT2D eigenvalue weighted by atomic mass is 9.95. The van der Waals surface area contributed by atoms with Crippen LogP contribution < -0.4 is 16.4 Å². The first kappa shape index (κ1) is 16.9. The van der Waals surface area contributed by atoms with Crippen molar-refractivity contribution in [3.63, 3.8) is 0 Å². The van der Waals surface area contributed by atoms with Crippen molar-refractivity contribution >= 4 is 11.9 Å². The normalized spacial score (nSPS) is 20.5. The van der Waals surface area contributed by atoms with Crippen LogP contribution in [0.2, 0.25) is 0 Å². The van der Waals surface area contributed by atoms with Gasteiger partial charge >= 0.3 is 6.03 Å². The molecule has 1 aliphatic heterocycles. The molecule has 1 unspecified atom stereocenters. The first-order chi connectivity index (χ1) is 9.30. The van der Waals surface area contributed by atoms with Gasteiger partial charge < -0.3 is 11.1 Å². The van der Waals surface area contributed by atoms with Gasteiger partial charge in [-0.3, -0.25) is 15.0 Å². The molecule has 1 rings (SSSR count). The van der Waals surface area contributed by atoms with Crippen LogP contribution in [0, 0.1) is 5.92 Å². The molecular weight excluding hydrogens is 256 g/mol. The zero-order valence-corrected chi connectivity index (χ0v) is 12.9. The van der Waals surface area contributed by atoms with Gasteiger partial charge in [0, 0.05) is 12.1 Å². The molecule has 6 nitrogen and oxygen atoms in total. The first-order valence-corrected chi connectivity index (χ1v) is 7.34. The number of imide groups is 1. The molecule has 6 heteroatoms. The molecule has 4 N–H and O–H groups in total. The molecule has 0 aliphatic carbocycles. The number of piperidine rings is 1. The van der Waals surface area contributed by atoms with E-state index < -0.39 is 6.03 Å². The van der Waals surface area contributed by atoms with E-state index in [1.54, 1.807) is 0 Å². The molecule has 0 aromatic carbocycles. The standard InChI is InChI=1S/C14H28N4O2/c1-14(2,3)17-13(20)16-12(19)10-18-8-4-5-11(9-18)6-7-15/h11H,4-10,15H2,1-3H3,(H2,16,17,19,20). The fraction of sp³-hybridized carbons (Fsp3) is 0.857. The number of amides is 3. The highest BCUT2D eigenvalue weighted by Gasteiger charge is 2.22. The zero-order chi connectivity index (χ0) is 15.2. The molecule has 0 aromatic rings. The number of carbonyl (C=O) groups excluding carboxylic acids is 2. The Morgan fingerprint density at radius 2 is 2.05 bits per heavy atom. The Labute approximate surface area is 121 Å². The number of likely N-dealkylation sites (tertiary alicyclic amines) is 1. The number of nitrogens with two attached hydrogens (primary N) is 1. The van der Waals surface area contributed by atoms with Crippen LogP contribution in [0.1, 0.15) is 40.0 Å². The molecule has 1 atom stereocenters. The molecule has 116 valence electrons. The molecular formula is C14H28N4O2. The van der Waals surface area contributed by atoms with E-state index in [4.69, 9.17) is 5.73 Å². The fourth-order valence-corrected chi connectivity index (χ4v) is 2.51. The van der Waals surface area contributed by atoms with Crippen LogP contribution in [0.15, 0.2) is 0 Å². The molecule has 1 saturated heterocycles. The van der Waals surface area contributed by atoms with E-state index in [1.165, 1.54) is 6.42 Å². The van der Waals surface area contributed by atoms with Crippen LogP contribution in [0.4, 0.5) is 4.79 Å². The Morgan fingerprint density at radius 1 is 1.35 bits per heavy atom. The number of nitrogens with zero attached hydrogens (tertiary/aromatic N) is 1. The quantitative estimate of drug-likeness (QED) is 0.708. The third-order valence-electron chi connectivity index (χ3n) is 3.29. The van der Waals surface area contributed by atoms with Gasteiger partial charge in [-0.25, -0.2) is 4.79 Å². The predicted octanol–water partition coefficient (Wildman–Crippen LogP) is 0.672. The van der Waals surface area contributed by atoms with E-state index in [-0.39, 0.29) is 18.0 Å². The summed E-state index contributed by atoms with van der Waals surface area (Å²) in [6.45, 7) is 8.40. The molecule has 0 saturated carbocycles. The van der Waals surface area contributed by atoms with Gasteiger partial charge in [-0.1, -0.05) is 0 Å². The summed E-state index contributed by atoms with van der Waals surface area (Å²) in [6.07, 6.45) is 3.27. The molecule has 0 spiro atoms. The minimum absolute atomic E-state index is 0.250. The van der Waals surface area contributed by atoms with Crippen molar-refractivity contribution in [2.75, 3.05) is 26.2 Å². The molecule has 1 aliphatic rings. The predicted molar refractivity (Wildman–Crippen MR) is 79.3 cm³/mol. The summed E-state index contributed by atoms with van der Waals surface area (Å²) in [5, 5.41) is 5.09. The summed E-state index contributed by atoms with van der Waals surface area (Å²) >= 11 is 0. The second kappa shape index (κ2) is 7.59. The summed E-state index contributed by atoms with van der Waals surface area (Å²) in [5.41, 5.74) is 5.23. The van der Waals surface area contributed by atoms with Crippen LogP contribution in [-0.4, -0.2) is 48.6 Å². The molecule has 20 heavy (non-hydrogen) atoms. The van der Waals surface area contributed by atoms with Crippen molar-refractivity contribution in [1.82, 2.24) is 15.5 Å². The van der Waals surface area contributed by atoms with Gasteiger partial charge in [-0.15, -0.1) is 0 Å². The van der Waals surface area contributed by atoms with Crippen LogP contribution in [-0.2, 0) is 4.79 Å². The van der Waals surface area contributed by atoms with Crippen LogP contribution in [0.3, 0.4) is 0 Å². The summed E-state index contributed by atoms with van der Waals surface area (Å²) in [6, 6.07) is -0.432. The highest BCUT2D eigenvalue weighted by Crippen LogP contribution is 2.18. The minimum atomic E-state index is -0.432. The van der Waals surface area contributed by atoms with E-state index in [9.17, 15) is 9.59 Å². The van der Waals surface area contributed by atoms with Gasteiger partial charge in [-0.05, 0) is 59.0 Å². The third kappa shape index (κ3) is 6.86. The number of hydrogen-bond acceptors (Lipinski definition) is 4. The lowest BCUT2D eigenvalue weighted by Crippen LogP contribution is -2.51. The lowest BCUT2D eigenvalue weighted by Gasteiger charge is -2.32. The maximum atomic E-state index is 11.8. The zero-order valence-electron chi connectivity index (χ0n) is 12.9. The monoisotopic (exact) mass is 284 g/mol. The van der Waals surface area contributed by atoms with Crippen LogP contribution in [0.25, 0.3) is 0 Å². The van der Waals surface area contributed by atoms with Crippen molar-refractivity contribution in [2.24, 2.45) is 11.7 Å². The molecule has 3 amide bonds. The van der Waals surface area contributed by atoms with Crippen LogP contribution >= 0.6 is 0 Å². The largest absolute Gasteiger partial charge is 0.333 e. The topological polar surface area (TPSA) is 87.5 Å². The van der Waals surface area contributed by atoms with Gasteiger partial charge in [0.25, 0.3) is 0 Å². The second-order valence-electron chi connectivity index (χ2n) is 6.57. The van der Waals surface area contributed by atoms with Gasteiger partial charge in [-0.2, -0.15) is 0 Å². The molecule has 0 aromatic heterocycles. The SMILES string of the molecule is CC(C)(C)NC(=O)NC(=O)CN1CCCC(CCN)C1. The van der Waals surface area contributed by atoms with E-state index >= 15 is 0 Å². The molecule has 1 fully saturated rings. The lowest BCUT2D eigenvalue weighted by molar-refractivity contribution is -0.121. The van der Waals surface area contributed by atoms with Gasteiger partial charge in [0.05, 0.1) is 6.54 Å². The maximum absolute atomic E-state index is 11.8. The second-order valence-corrected chi connectivity index (χ2v) is 6.57. The molecule has 1 heterocycles. The van der Waals surface area contributed by atoms with E-state index in [1.807, 2.05) is 20.8 Å². The van der Waals surface area contributed by atoms with Crippen molar-refractivity contribution in [3.8, 4) is 0 Å². The summed E-state index contributed by atoms with van der Waals surface area (Å²) < 4.78 is 0. The van der Waals surface area contributed by atoms with E-state index in [0.717, 1.165) is 25.9 Å². The van der Waals surface area contributed by atoms with Gasteiger partial charge in [0.1, 0.15) is 0 Å². The highest BCUT2D eigenvalue weighted by molar-refractivity contribution is 5.95. The average Bonchev–Trinajstić information content (AvgIpc) is 2.26. The Kier molecular flexibility index (Phi) is 6.42. The van der Waals surface area contributed by atoms with Gasteiger partial charge in [0.15, 0.2) is 0 Å². The van der Waals surface area contributed by atoms with Crippen molar-refractivity contribution in [1.29, 1.82) is 0 Å². The van der Waals surface area contributed by atoms with Crippen LogP contribution in [0.5, 0.6) is 0 Å². The Hall–Kier alpha value is -1.14. The van der Waals surface area contributed by atoms with Gasteiger partial charge in [0.2, 0.25) is 5.91 Å². The highest BCUT2D eigenvalue weighted by atomic mass is 16.2. The van der Waals surface area contributed by atoms with Crippen molar-refractivity contribution < 1.29 is 9.59 Å².